The van der Waals surface area contributed by atoms with Gasteiger partial charge in [-0.25, -0.2) is 0 Å². The van der Waals surface area contributed by atoms with Gasteiger partial charge in [0.1, 0.15) is 5.75 Å². The zero-order valence-corrected chi connectivity index (χ0v) is 12.1. The topological polar surface area (TPSA) is 21.3 Å². The molecule has 1 saturated heterocycles. The molecule has 1 aromatic carbocycles. The average molecular weight is 247 g/mol. The molecule has 0 unspecified atom stereocenters. The highest BCUT2D eigenvalue weighted by atomic mass is 16.5. The Bertz CT molecular complexity index is 419. The summed E-state index contributed by atoms with van der Waals surface area (Å²) in [4.78, 5) is 0. The molecule has 1 heterocycles. The molecule has 0 spiro atoms. The molecule has 1 aliphatic heterocycles. The molecule has 1 fully saturated rings. The molecule has 0 radical (unpaired) electrons. The third-order valence-corrected chi connectivity index (χ3v) is 4.18. The molecule has 0 amide bonds. The fourth-order valence-electron chi connectivity index (χ4n) is 3.00. The van der Waals surface area contributed by atoms with Crippen molar-refractivity contribution in [3.8, 4) is 5.75 Å². The summed E-state index contributed by atoms with van der Waals surface area (Å²) < 4.78 is 5.68. The monoisotopic (exact) mass is 247 g/mol. The van der Waals surface area contributed by atoms with Gasteiger partial charge in [-0.15, -0.1) is 0 Å². The molecule has 1 aromatic rings. The van der Waals surface area contributed by atoms with Gasteiger partial charge in [0.05, 0.1) is 6.61 Å². The summed E-state index contributed by atoms with van der Waals surface area (Å²) in [6.45, 7) is 11.8. The van der Waals surface area contributed by atoms with Crippen LogP contribution in [0.4, 0.5) is 0 Å². The number of nitrogens with one attached hydrogen (secondary N) is 1. The van der Waals surface area contributed by atoms with Gasteiger partial charge >= 0.3 is 0 Å². The summed E-state index contributed by atoms with van der Waals surface area (Å²) in [5.74, 6) is 1.04. The third kappa shape index (κ3) is 2.54. The molecule has 1 N–H and O–H groups in total. The summed E-state index contributed by atoms with van der Waals surface area (Å²) >= 11 is 0. The van der Waals surface area contributed by atoms with Crippen molar-refractivity contribution in [2.75, 3.05) is 19.7 Å². The Morgan fingerprint density at radius 3 is 2.44 bits per heavy atom. The molecular weight excluding hydrogens is 222 g/mol. The highest BCUT2D eigenvalue weighted by Crippen LogP contribution is 2.37. The molecule has 2 rings (SSSR count). The van der Waals surface area contributed by atoms with Gasteiger partial charge < -0.3 is 10.1 Å². The van der Waals surface area contributed by atoms with E-state index in [2.05, 4.69) is 38.2 Å². The van der Waals surface area contributed by atoms with Crippen LogP contribution in [0.3, 0.4) is 0 Å². The minimum Gasteiger partial charge on any atom is -0.494 e. The van der Waals surface area contributed by atoms with Gasteiger partial charge in [0.25, 0.3) is 0 Å². The smallest absolute Gasteiger partial charge is 0.122 e. The first-order chi connectivity index (χ1) is 8.57. The minimum atomic E-state index is 0.324. The first-order valence-corrected chi connectivity index (χ1v) is 7.02. The molecule has 100 valence electrons. The Kier molecular flexibility index (Phi) is 3.96. The van der Waals surface area contributed by atoms with Gasteiger partial charge in [0, 0.05) is 0 Å². The Morgan fingerprint density at radius 1 is 1.17 bits per heavy atom. The second-order valence-electron chi connectivity index (χ2n) is 5.68. The van der Waals surface area contributed by atoms with Crippen molar-refractivity contribution in [3.63, 3.8) is 0 Å². The fraction of sp³-hybridized carbons (Fsp3) is 0.625. The Labute approximate surface area is 111 Å². The van der Waals surface area contributed by atoms with E-state index < -0.39 is 0 Å². The van der Waals surface area contributed by atoms with Gasteiger partial charge in [-0.05, 0) is 74.9 Å². The van der Waals surface area contributed by atoms with E-state index in [0.29, 0.717) is 5.41 Å². The summed E-state index contributed by atoms with van der Waals surface area (Å²) in [6, 6.07) is 4.55. The SMILES string of the molecule is CCOc1cc(C)c(C2(C)CCNCC2)cc1C. The van der Waals surface area contributed by atoms with Gasteiger partial charge in [-0.2, -0.15) is 0 Å². The standard InChI is InChI=1S/C16H25NO/c1-5-18-15-11-12(2)14(10-13(15)3)16(4)6-8-17-9-7-16/h10-11,17H,5-9H2,1-4H3. The first-order valence-electron chi connectivity index (χ1n) is 7.02. The molecule has 1 aliphatic rings. The maximum Gasteiger partial charge on any atom is 0.122 e. The van der Waals surface area contributed by atoms with Gasteiger partial charge in [0.2, 0.25) is 0 Å². The highest BCUT2D eigenvalue weighted by Gasteiger charge is 2.30. The van der Waals surface area contributed by atoms with Crippen molar-refractivity contribution < 1.29 is 4.74 Å². The van der Waals surface area contributed by atoms with Crippen molar-refractivity contribution >= 4 is 0 Å². The van der Waals surface area contributed by atoms with Crippen molar-refractivity contribution in [2.24, 2.45) is 0 Å². The molecule has 0 saturated carbocycles. The van der Waals surface area contributed by atoms with E-state index >= 15 is 0 Å². The average Bonchev–Trinajstić information content (AvgIpc) is 2.34. The van der Waals surface area contributed by atoms with Crippen LogP contribution in [-0.4, -0.2) is 19.7 Å². The Morgan fingerprint density at radius 2 is 1.83 bits per heavy atom. The number of ether oxygens (including phenoxy) is 1. The maximum atomic E-state index is 5.68. The number of rotatable bonds is 3. The number of benzene rings is 1. The molecule has 0 aromatic heterocycles. The second-order valence-corrected chi connectivity index (χ2v) is 5.68. The number of aryl methyl sites for hydroxylation is 2. The molecule has 0 aliphatic carbocycles. The molecule has 0 bridgehead atoms. The van der Waals surface area contributed by atoms with Crippen LogP contribution in [-0.2, 0) is 5.41 Å². The molecule has 0 atom stereocenters. The zero-order chi connectivity index (χ0) is 13.2. The summed E-state index contributed by atoms with van der Waals surface area (Å²) in [7, 11) is 0. The zero-order valence-electron chi connectivity index (χ0n) is 12.1. The second kappa shape index (κ2) is 5.31. The van der Waals surface area contributed by atoms with Crippen molar-refractivity contribution in [1.29, 1.82) is 0 Å². The third-order valence-electron chi connectivity index (χ3n) is 4.18. The lowest BCUT2D eigenvalue weighted by Crippen LogP contribution is -2.38. The summed E-state index contributed by atoms with van der Waals surface area (Å²) in [6.07, 6.45) is 2.45. The van der Waals surface area contributed by atoms with Crippen LogP contribution in [0.25, 0.3) is 0 Å². The van der Waals surface area contributed by atoms with E-state index in [9.17, 15) is 0 Å². The van der Waals surface area contributed by atoms with Crippen molar-refractivity contribution in [1.82, 2.24) is 5.32 Å². The van der Waals surface area contributed by atoms with Crippen LogP contribution >= 0.6 is 0 Å². The van der Waals surface area contributed by atoms with E-state index in [1.165, 1.54) is 29.5 Å². The Balaban J connectivity index is 2.36. The lowest BCUT2D eigenvalue weighted by molar-refractivity contribution is 0.327. The van der Waals surface area contributed by atoms with Gasteiger partial charge in [-0.1, -0.05) is 13.0 Å². The predicted molar refractivity (Wildman–Crippen MR) is 76.5 cm³/mol. The van der Waals surface area contributed by atoms with Crippen molar-refractivity contribution in [3.05, 3.63) is 28.8 Å². The van der Waals surface area contributed by atoms with Gasteiger partial charge in [-0.3, -0.25) is 0 Å². The summed E-state index contributed by atoms with van der Waals surface area (Å²) in [5.41, 5.74) is 4.46. The lowest BCUT2D eigenvalue weighted by Gasteiger charge is -2.36. The van der Waals surface area contributed by atoms with E-state index in [-0.39, 0.29) is 0 Å². The molecular formula is C16H25NO. The molecule has 18 heavy (non-hydrogen) atoms. The normalized spacial score (nSPS) is 18.7. The molecule has 2 heteroatoms. The largest absolute Gasteiger partial charge is 0.494 e. The van der Waals surface area contributed by atoms with Crippen LogP contribution in [0.1, 0.15) is 43.4 Å². The highest BCUT2D eigenvalue weighted by molar-refractivity contribution is 5.45. The quantitative estimate of drug-likeness (QED) is 0.884. The first kappa shape index (κ1) is 13.4. The maximum absolute atomic E-state index is 5.68. The van der Waals surface area contributed by atoms with Crippen molar-refractivity contribution in [2.45, 2.75) is 46.0 Å². The van der Waals surface area contributed by atoms with Crippen LogP contribution < -0.4 is 10.1 Å². The van der Waals surface area contributed by atoms with Crippen LogP contribution in [0.2, 0.25) is 0 Å². The fourth-order valence-corrected chi connectivity index (χ4v) is 3.00. The minimum absolute atomic E-state index is 0.324. The van der Waals surface area contributed by atoms with E-state index in [0.717, 1.165) is 25.4 Å². The lowest BCUT2D eigenvalue weighted by atomic mass is 9.73. The number of piperidine rings is 1. The van der Waals surface area contributed by atoms with Crippen LogP contribution in [0.5, 0.6) is 5.75 Å². The van der Waals surface area contributed by atoms with Gasteiger partial charge in [0.15, 0.2) is 0 Å². The Hall–Kier alpha value is -1.02. The van der Waals surface area contributed by atoms with Crippen LogP contribution in [0, 0.1) is 13.8 Å². The number of hydrogen-bond acceptors (Lipinski definition) is 2. The summed E-state index contributed by atoms with van der Waals surface area (Å²) in [5, 5.41) is 3.45. The van der Waals surface area contributed by atoms with E-state index in [4.69, 9.17) is 4.74 Å². The van der Waals surface area contributed by atoms with E-state index in [1.807, 2.05) is 6.92 Å². The molecule has 2 nitrogen and oxygen atoms in total. The van der Waals surface area contributed by atoms with E-state index in [1.54, 1.807) is 0 Å². The number of hydrogen-bond donors (Lipinski definition) is 1. The predicted octanol–water partition coefficient (Wildman–Crippen LogP) is 3.34. The van der Waals surface area contributed by atoms with Crippen LogP contribution in [0.15, 0.2) is 12.1 Å².